The molecule has 0 aliphatic rings. The number of imidazole rings is 1. The Balaban J connectivity index is 1.39. The average molecular weight is 402 g/mol. The number of carbonyl (C=O) groups excluding carboxylic acids is 1. The molecule has 4 nitrogen and oxygen atoms in total. The predicted octanol–water partition coefficient (Wildman–Crippen LogP) is 4.91. The number of benzene rings is 2. The minimum Gasteiger partial charge on any atom is -0.352 e. The van der Waals surface area contributed by atoms with E-state index < -0.39 is 0 Å². The molecule has 1 amide bonds. The first-order chi connectivity index (χ1) is 14.2. The number of fused-ring (bicyclic) bond motifs is 1. The molecule has 2 aromatic carbocycles. The molecule has 29 heavy (non-hydrogen) atoms. The van der Waals surface area contributed by atoms with E-state index in [4.69, 9.17) is 0 Å². The number of aryl methyl sites for hydroxylation is 1. The van der Waals surface area contributed by atoms with Crippen molar-refractivity contribution in [3.05, 3.63) is 102 Å². The van der Waals surface area contributed by atoms with Gasteiger partial charge < -0.3 is 9.72 Å². The number of carbonyl (C=O) groups is 1. The van der Waals surface area contributed by atoms with Gasteiger partial charge in [-0.05, 0) is 48.7 Å². The summed E-state index contributed by atoms with van der Waals surface area (Å²) in [5.74, 6) is 0.687. The molecule has 0 saturated heterocycles. The first kappa shape index (κ1) is 19.3. The molecule has 0 aliphatic heterocycles. The van der Waals surface area contributed by atoms with Crippen LogP contribution in [0.3, 0.4) is 0 Å². The van der Waals surface area contributed by atoms with Gasteiger partial charge in [-0.3, -0.25) is 4.79 Å². The van der Waals surface area contributed by atoms with Crippen molar-refractivity contribution < 1.29 is 4.79 Å². The van der Waals surface area contributed by atoms with Crippen LogP contribution in [0, 0.1) is 6.92 Å². The molecule has 2 aromatic heterocycles. The number of pyridine rings is 1. The van der Waals surface area contributed by atoms with Crippen LogP contribution in [0.25, 0.3) is 5.65 Å². The topological polar surface area (TPSA) is 46.4 Å². The van der Waals surface area contributed by atoms with E-state index in [1.54, 1.807) is 11.8 Å². The lowest BCUT2D eigenvalue weighted by atomic mass is 10.1. The normalized spacial score (nSPS) is 10.9. The minimum atomic E-state index is -0.0308. The predicted molar refractivity (Wildman–Crippen MR) is 118 cm³/mol. The molecule has 4 aromatic rings. The van der Waals surface area contributed by atoms with Crippen LogP contribution in [0.2, 0.25) is 0 Å². The number of aromatic nitrogens is 2. The maximum absolute atomic E-state index is 12.7. The highest BCUT2D eigenvalue weighted by Gasteiger charge is 2.12. The average Bonchev–Trinajstić information content (AvgIpc) is 3.17. The highest BCUT2D eigenvalue weighted by molar-refractivity contribution is 7.98. The van der Waals surface area contributed by atoms with Crippen molar-refractivity contribution in [2.45, 2.75) is 24.0 Å². The van der Waals surface area contributed by atoms with Crippen molar-refractivity contribution in [1.29, 1.82) is 0 Å². The van der Waals surface area contributed by atoms with Crippen LogP contribution in [-0.4, -0.2) is 21.8 Å². The summed E-state index contributed by atoms with van der Waals surface area (Å²) in [5.41, 5.74) is 5.17. The lowest BCUT2D eigenvalue weighted by Crippen LogP contribution is -2.26. The summed E-state index contributed by atoms with van der Waals surface area (Å²) < 4.78 is 2.01. The molecule has 0 atom stereocenters. The molecule has 1 N–H and O–H groups in total. The molecule has 0 bridgehead atoms. The van der Waals surface area contributed by atoms with E-state index in [0.717, 1.165) is 28.4 Å². The summed E-state index contributed by atoms with van der Waals surface area (Å²) in [6.07, 6.45) is 4.86. The van der Waals surface area contributed by atoms with Crippen LogP contribution in [0.15, 0.2) is 84.0 Å². The number of thioether (sulfide) groups is 1. The lowest BCUT2D eigenvalue weighted by molar-refractivity contribution is 0.0951. The number of nitrogens with one attached hydrogen (secondary N) is 1. The van der Waals surface area contributed by atoms with Gasteiger partial charge in [-0.15, -0.1) is 11.8 Å². The first-order valence-electron chi connectivity index (χ1n) is 9.68. The number of rotatable bonds is 7. The van der Waals surface area contributed by atoms with Gasteiger partial charge >= 0.3 is 0 Å². The largest absolute Gasteiger partial charge is 0.352 e. The molecule has 2 heterocycles. The fraction of sp³-hybridized carbons (Fsp3) is 0.167. The van der Waals surface area contributed by atoms with Crippen LogP contribution in [-0.2, 0) is 12.2 Å². The molecule has 146 valence electrons. The van der Waals surface area contributed by atoms with Gasteiger partial charge in [-0.1, -0.05) is 42.5 Å². The third kappa shape index (κ3) is 4.69. The number of nitrogens with zero attached hydrogens (tertiary/aromatic N) is 2. The molecule has 5 heteroatoms. The van der Waals surface area contributed by atoms with Crippen molar-refractivity contribution in [1.82, 2.24) is 14.7 Å². The molecular formula is C24H23N3OS. The fourth-order valence-corrected chi connectivity index (χ4v) is 4.22. The van der Waals surface area contributed by atoms with Crippen LogP contribution < -0.4 is 5.32 Å². The Bertz CT molecular complexity index is 1100. The van der Waals surface area contributed by atoms with Gasteiger partial charge in [0.15, 0.2) is 0 Å². The first-order valence-corrected chi connectivity index (χ1v) is 10.7. The van der Waals surface area contributed by atoms with Gasteiger partial charge in [0.1, 0.15) is 5.65 Å². The molecule has 0 aliphatic carbocycles. The second-order valence-electron chi connectivity index (χ2n) is 6.92. The quantitative estimate of drug-likeness (QED) is 0.448. The zero-order chi connectivity index (χ0) is 20.1. The molecule has 0 unspecified atom stereocenters. The van der Waals surface area contributed by atoms with Crippen LogP contribution in [0.5, 0.6) is 0 Å². The molecule has 0 fully saturated rings. The van der Waals surface area contributed by atoms with E-state index in [-0.39, 0.29) is 5.91 Å². The van der Waals surface area contributed by atoms with Crippen LogP contribution in [0.4, 0.5) is 0 Å². The zero-order valence-corrected chi connectivity index (χ0v) is 17.2. The zero-order valence-electron chi connectivity index (χ0n) is 16.3. The molecule has 0 saturated carbocycles. The van der Waals surface area contributed by atoms with Gasteiger partial charge in [0.05, 0.1) is 11.3 Å². The van der Waals surface area contributed by atoms with Gasteiger partial charge in [0.25, 0.3) is 5.91 Å². The number of hydrogen-bond acceptors (Lipinski definition) is 3. The fourth-order valence-electron chi connectivity index (χ4n) is 3.29. The number of hydrogen-bond donors (Lipinski definition) is 1. The second kappa shape index (κ2) is 8.97. The SMILES string of the molecule is Cc1ccccc1CCNC(=O)c1ccccc1SCc1cn2ccccc2n1. The third-order valence-corrected chi connectivity index (χ3v) is 5.97. The monoisotopic (exact) mass is 401 g/mol. The van der Waals surface area contributed by atoms with Gasteiger partial charge in [0.2, 0.25) is 0 Å². The maximum atomic E-state index is 12.7. The Morgan fingerprint density at radius 3 is 2.69 bits per heavy atom. The molecule has 4 rings (SSSR count). The van der Waals surface area contributed by atoms with E-state index in [9.17, 15) is 4.79 Å². The third-order valence-electron chi connectivity index (χ3n) is 4.86. The van der Waals surface area contributed by atoms with Crippen molar-refractivity contribution in [2.75, 3.05) is 6.54 Å². The van der Waals surface area contributed by atoms with Crippen molar-refractivity contribution in [3.63, 3.8) is 0 Å². The summed E-state index contributed by atoms with van der Waals surface area (Å²) >= 11 is 1.64. The standard InChI is InChI=1S/C24H23N3OS/c1-18-8-2-3-9-19(18)13-14-25-24(28)21-10-4-5-11-22(21)29-17-20-16-27-15-7-6-12-23(27)26-20/h2-12,15-16H,13-14,17H2,1H3,(H,25,28). The molecule has 0 spiro atoms. The minimum absolute atomic E-state index is 0.0308. The van der Waals surface area contributed by atoms with E-state index in [1.807, 2.05) is 71.4 Å². The highest BCUT2D eigenvalue weighted by atomic mass is 32.2. The Labute approximate surface area is 175 Å². The Kier molecular flexibility index (Phi) is 5.96. The summed E-state index contributed by atoms with van der Waals surface area (Å²) in [5, 5.41) is 3.06. The van der Waals surface area contributed by atoms with Crippen LogP contribution >= 0.6 is 11.8 Å². The van der Waals surface area contributed by atoms with E-state index in [1.165, 1.54) is 11.1 Å². The van der Waals surface area contributed by atoms with E-state index in [2.05, 4.69) is 29.4 Å². The van der Waals surface area contributed by atoms with E-state index >= 15 is 0 Å². The second-order valence-corrected chi connectivity index (χ2v) is 7.93. The number of amides is 1. The molecular weight excluding hydrogens is 378 g/mol. The molecule has 0 radical (unpaired) electrons. The Morgan fingerprint density at radius 1 is 1.03 bits per heavy atom. The van der Waals surface area contributed by atoms with Gasteiger partial charge in [-0.2, -0.15) is 0 Å². The summed E-state index contributed by atoms with van der Waals surface area (Å²) in [6, 6.07) is 22.0. The van der Waals surface area contributed by atoms with Crippen molar-refractivity contribution in [2.24, 2.45) is 0 Å². The van der Waals surface area contributed by atoms with Crippen molar-refractivity contribution in [3.8, 4) is 0 Å². The summed E-state index contributed by atoms with van der Waals surface area (Å²) in [7, 11) is 0. The summed E-state index contributed by atoms with van der Waals surface area (Å²) in [4.78, 5) is 18.4. The van der Waals surface area contributed by atoms with Gasteiger partial charge in [-0.25, -0.2) is 4.98 Å². The maximum Gasteiger partial charge on any atom is 0.252 e. The Hall–Kier alpha value is -3.05. The van der Waals surface area contributed by atoms with E-state index in [0.29, 0.717) is 12.1 Å². The summed E-state index contributed by atoms with van der Waals surface area (Å²) in [6.45, 7) is 2.72. The Morgan fingerprint density at radius 2 is 1.83 bits per heavy atom. The smallest absolute Gasteiger partial charge is 0.252 e. The van der Waals surface area contributed by atoms with Crippen molar-refractivity contribution >= 4 is 23.3 Å². The van der Waals surface area contributed by atoms with Crippen LogP contribution in [0.1, 0.15) is 27.2 Å². The lowest BCUT2D eigenvalue weighted by Gasteiger charge is -2.10. The highest BCUT2D eigenvalue weighted by Crippen LogP contribution is 2.26. The van der Waals surface area contributed by atoms with Gasteiger partial charge in [0, 0.05) is 29.6 Å².